The second kappa shape index (κ2) is 4.56. The lowest BCUT2D eigenvalue weighted by Gasteiger charge is -2.07. The van der Waals surface area contributed by atoms with Crippen LogP contribution in [0.3, 0.4) is 0 Å². The molecule has 1 atom stereocenters. The molecule has 0 amide bonds. The standard InChI is InChI=1S/C8H12BrN3O2/c1-2-12-7(9)6(4-11-12)5(3-10)8(13)14/h4-5H,2-3,10H2,1H3,(H,13,14). The lowest BCUT2D eigenvalue weighted by molar-refractivity contribution is -0.138. The zero-order chi connectivity index (χ0) is 10.7. The number of aromatic nitrogens is 2. The van der Waals surface area contributed by atoms with E-state index in [4.69, 9.17) is 10.8 Å². The van der Waals surface area contributed by atoms with Gasteiger partial charge in [0.2, 0.25) is 0 Å². The molecule has 0 aliphatic rings. The third kappa shape index (κ3) is 1.96. The fourth-order valence-electron chi connectivity index (χ4n) is 1.20. The van der Waals surface area contributed by atoms with Crippen molar-refractivity contribution in [2.45, 2.75) is 19.4 Å². The molecule has 5 nitrogen and oxygen atoms in total. The van der Waals surface area contributed by atoms with Gasteiger partial charge in [0.05, 0.1) is 12.1 Å². The highest BCUT2D eigenvalue weighted by molar-refractivity contribution is 9.10. The number of carbonyl (C=O) groups is 1. The number of aryl methyl sites for hydroxylation is 1. The first-order valence-corrected chi connectivity index (χ1v) is 5.05. The summed E-state index contributed by atoms with van der Waals surface area (Å²) in [4.78, 5) is 10.8. The van der Waals surface area contributed by atoms with Crippen LogP contribution in [0, 0.1) is 0 Å². The largest absolute Gasteiger partial charge is 0.481 e. The fourth-order valence-corrected chi connectivity index (χ4v) is 1.92. The Morgan fingerprint density at radius 2 is 2.50 bits per heavy atom. The van der Waals surface area contributed by atoms with Gasteiger partial charge >= 0.3 is 5.97 Å². The number of carboxylic acids is 1. The van der Waals surface area contributed by atoms with Crippen LogP contribution < -0.4 is 5.73 Å². The number of rotatable bonds is 4. The minimum Gasteiger partial charge on any atom is -0.481 e. The van der Waals surface area contributed by atoms with E-state index in [1.54, 1.807) is 10.9 Å². The Bertz CT molecular complexity index is 337. The van der Waals surface area contributed by atoms with Gasteiger partial charge in [-0.1, -0.05) is 0 Å². The van der Waals surface area contributed by atoms with Crippen LogP contribution in [-0.4, -0.2) is 27.4 Å². The zero-order valence-corrected chi connectivity index (χ0v) is 9.36. The van der Waals surface area contributed by atoms with Gasteiger partial charge in [0.1, 0.15) is 4.60 Å². The second-order valence-electron chi connectivity index (χ2n) is 2.83. The summed E-state index contributed by atoms with van der Waals surface area (Å²) in [7, 11) is 0. The molecule has 0 aliphatic carbocycles. The van der Waals surface area contributed by atoms with Crippen molar-refractivity contribution in [1.29, 1.82) is 0 Å². The van der Waals surface area contributed by atoms with E-state index in [2.05, 4.69) is 21.0 Å². The van der Waals surface area contributed by atoms with Crippen molar-refractivity contribution in [2.75, 3.05) is 6.54 Å². The summed E-state index contributed by atoms with van der Waals surface area (Å²) in [6.07, 6.45) is 1.54. The predicted octanol–water partition coefficient (Wildman–Crippen LogP) is 0.792. The van der Waals surface area contributed by atoms with Crippen molar-refractivity contribution < 1.29 is 9.90 Å². The molecule has 0 saturated carbocycles. The minimum absolute atomic E-state index is 0.0728. The summed E-state index contributed by atoms with van der Waals surface area (Å²) in [5.74, 6) is -1.62. The Hall–Kier alpha value is -0.880. The van der Waals surface area contributed by atoms with Gasteiger partial charge in [-0.25, -0.2) is 0 Å². The highest BCUT2D eigenvalue weighted by Gasteiger charge is 2.23. The quantitative estimate of drug-likeness (QED) is 0.840. The molecule has 1 aromatic rings. The number of carboxylic acid groups (broad SMARTS) is 1. The second-order valence-corrected chi connectivity index (χ2v) is 3.58. The predicted molar refractivity (Wildman–Crippen MR) is 55.0 cm³/mol. The van der Waals surface area contributed by atoms with Gasteiger partial charge in [0.25, 0.3) is 0 Å². The van der Waals surface area contributed by atoms with Gasteiger partial charge in [0, 0.05) is 18.7 Å². The molecule has 3 N–H and O–H groups in total. The van der Waals surface area contributed by atoms with E-state index >= 15 is 0 Å². The van der Waals surface area contributed by atoms with Crippen LogP contribution in [0.1, 0.15) is 18.4 Å². The van der Waals surface area contributed by atoms with E-state index in [1.165, 1.54) is 0 Å². The SMILES string of the molecule is CCn1ncc(C(CN)C(=O)O)c1Br. The topological polar surface area (TPSA) is 81.1 Å². The molecule has 0 saturated heterocycles. The first kappa shape index (κ1) is 11.2. The van der Waals surface area contributed by atoms with Crippen LogP contribution in [0.5, 0.6) is 0 Å². The Labute approximate surface area is 90.0 Å². The fraction of sp³-hybridized carbons (Fsp3) is 0.500. The van der Waals surface area contributed by atoms with Crippen molar-refractivity contribution in [1.82, 2.24) is 9.78 Å². The Balaban J connectivity index is 3.05. The third-order valence-electron chi connectivity index (χ3n) is 2.01. The molecule has 78 valence electrons. The van der Waals surface area contributed by atoms with E-state index in [0.717, 1.165) is 0 Å². The zero-order valence-electron chi connectivity index (χ0n) is 7.77. The molecular formula is C8H12BrN3O2. The number of nitrogens with two attached hydrogens (primary N) is 1. The highest BCUT2D eigenvalue weighted by Crippen LogP contribution is 2.24. The van der Waals surface area contributed by atoms with Crippen molar-refractivity contribution in [2.24, 2.45) is 5.73 Å². The van der Waals surface area contributed by atoms with Crippen LogP contribution in [0.25, 0.3) is 0 Å². The van der Waals surface area contributed by atoms with Crippen LogP contribution in [0.2, 0.25) is 0 Å². The van der Waals surface area contributed by atoms with Crippen LogP contribution in [-0.2, 0) is 11.3 Å². The number of hydrogen-bond donors (Lipinski definition) is 2. The summed E-state index contributed by atoms with van der Waals surface area (Å²) >= 11 is 3.30. The highest BCUT2D eigenvalue weighted by atomic mass is 79.9. The smallest absolute Gasteiger partial charge is 0.312 e. The van der Waals surface area contributed by atoms with Gasteiger partial charge < -0.3 is 10.8 Å². The lowest BCUT2D eigenvalue weighted by atomic mass is 10.0. The Kier molecular flexibility index (Phi) is 3.65. The van der Waals surface area contributed by atoms with Crippen molar-refractivity contribution in [3.63, 3.8) is 0 Å². The maximum Gasteiger partial charge on any atom is 0.312 e. The summed E-state index contributed by atoms with van der Waals surface area (Å²) in [6, 6.07) is 0. The van der Waals surface area contributed by atoms with E-state index in [9.17, 15) is 4.79 Å². The van der Waals surface area contributed by atoms with Gasteiger partial charge in [-0.2, -0.15) is 5.10 Å². The summed E-state index contributed by atoms with van der Waals surface area (Å²) in [6.45, 7) is 2.70. The van der Waals surface area contributed by atoms with Crippen molar-refractivity contribution in [3.05, 3.63) is 16.4 Å². The summed E-state index contributed by atoms with van der Waals surface area (Å²) in [5.41, 5.74) is 6.01. The van der Waals surface area contributed by atoms with E-state index in [0.29, 0.717) is 16.7 Å². The third-order valence-corrected chi connectivity index (χ3v) is 2.88. The van der Waals surface area contributed by atoms with Crippen molar-refractivity contribution in [3.8, 4) is 0 Å². The maximum atomic E-state index is 10.8. The number of nitrogens with zero attached hydrogens (tertiary/aromatic N) is 2. The van der Waals surface area contributed by atoms with Gasteiger partial charge in [0.15, 0.2) is 0 Å². The first-order valence-electron chi connectivity index (χ1n) is 4.25. The lowest BCUT2D eigenvalue weighted by Crippen LogP contribution is -2.21. The maximum absolute atomic E-state index is 10.8. The van der Waals surface area contributed by atoms with Crippen molar-refractivity contribution >= 4 is 21.9 Å². The molecule has 14 heavy (non-hydrogen) atoms. The minimum atomic E-state index is -0.927. The normalized spacial score (nSPS) is 12.8. The summed E-state index contributed by atoms with van der Waals surface area (Å²) in [5, 5.41) is 12.9. The van der Waals surface area contributed by atoms with Crippen LogP contribution in [0.4, 0.5) is 0 Å². The number of hydrogen-bond acceptors (Lipinski definition) is 3. The molecule has 1 heterocycles. The molecule has 0 aliphatic heterocycles. The Morgan fingerprint density at radius 1 is 1.86 bits per heavy atom. The molecule has 6 heteroatoms. The average molecular weight is 262 g/mol. The van der Waals surface area contributed by atoms with E-state index in [-0.39, 0.29) is 6.54 Å². The molecule has 1 aromatic heterocycles. The summed E-state index contributed by atoms with van der Waals surface area (Å²) < 4.78 is 2.37. The number of halogens is 1. The van der Waals surface area contributed by atoms with Gasteiger partial charge in [-0.3, -0.25) is 9.48 Å². The molecule has 0 fully saturated rings. The van der Waals surface area contributed by atoms with Crippen LogP contribution >= 0.6 is 15.9 Å². The first-order chi connectivity index (χ1) is 6.61. The van der Waals surface area contributed by atoms with Gasteiger partial charge in [-0.05, 0) is 22.9 Å². The number of aliphatic carboxylic acids is 1. The molecule has 0 aromatic carbocycles. The average Bonchev–Trinajstić information content (AvgIpc) is 2.49. The molecule has 0 radical (unpaired) electrons. The van der Waals surface area contributed by atoms with Gasteiger partial charge in [-0.15, -0.1) is 0 Å². The van der Waals surface area contributed by atoms with E-state index < -0.39 is 11.9 Å². The monoisotopic (exact) mass is 261 g/mol. The molecule has 0 spiro atoms. The van der Waals surface area contributed by atoms with E-state index in [1.807, 2.05) is 6.92 Å². The molecule has 0 bridgehead atoms. The molecule has 1 unspecified atom stereocenters. The Morgan fingerprint density at radius 3 is 2.86 bits per heavy atom. The molecular weight excluding hydrogens is 250 g/mol. The van der Waals surface area contributed by atoms with Crippen LogP contribution in [0.15, 0.2) is 10.8 Å². The molecule has 1 rings (SSSR count).